The molecule has 5 aromatic rings. The van der Waals surface area contributed by atoms with Gasteiger partial charge in [-0.2, -0.15) is 45.3 Å². The fraction of sp³-hybridized carbons (Fsp3) is 0.333. The van der Waals surface area contributed by atoms with Crippen LogP contribution in [0.3, 0.4) is 0 Å². The van der Waals surface area contributed by atoms with Gasteiger partial charge in [0.05, 0.1) is 33.9 Å². The first-order chi connectivity index (χ1) is 25.9. The molecule has 3 aromatic heterocycles. The molecule has 298 valence electrons. The molecule has 3 heterocycles. The van der Waals surface area contributed by atoms with Gasteiger partial charge >= 0.3 is 12.4 Å². The van der Waals surface area contributed by atoms with E-state index in [9.17, 15) is 48.3 Å². The predicted molar refractivity (Wildman–Crippen MR) is 183 cm³/mol. The first-order valence-corrected chi connectivity index (χ1v) is 19.2. The Labute approximate surface area is 322 Å². The number of hydrogen-bond donors (Lipinski definition) is 2. The standard InChI is InChI=1S/C33H23BrClF10N7O3S/c1-56(54,55)50-30-25-20(35)4-2-17(27(25)52(49-30)12-31(38,39)40)16-3-5-22(34)47-26(16)21(8-13-6-14(36)9-15(37)7-13)46-23(53)11-51-29-24(28(48-51)33(43,44)45)18-10-19(18)32(29,41)42/h2-7,9,18-19,21H,8,10-12H2,1H3,(H,46,53)(H,49,50)/t18-,19+,21-/m0/s1. The number of rotatable bonds is 10. The molecule has 10 nitrogen and oxygen atoms in total. The van der Waals surface area contributed by atoms with Crippen molar-refractivity contribution in [2.45, 2.75) is 56.2 Å². The van der Waals surface area contributed by atoms with E-state index in [1.807, 2.05) is 4.72 Å². The second kappa shape index (κ2) is 13.6. The molecule has 2 aliphatic carbocycles. The number of halogens is 12. The minimum atomic E-state index is -5.13. The van der Waals surface area contributed by atoms with Gasteiger partial charge in [-0.1, -0.05) is 17.7 Å². The van der Waals surface area contributed by atoms with E-state index in [1.54, 1.807) is 0 Å². The summed E-state index contributed by atoms with van der Waals surface area (Å²) in [5, 5.41) is 9.17. The Hall–Kier alpha value is -4.44. The van der Waals surface area contributed by atoms with Gasteiger partial charge in [-0.05, 0) is 70.6 Å². The Kier molecular flexibility index (Phi) is 9.66. The summed E-state index contributed by atoms with van der Waals surface area (Å²) in [5.74, 6) is -10.1. The molecule has 0 aliphatic heterocycles. The Morgan fingerprint density at radius 2 is 1.68 bits per heavy atom. The highest BCUT2D eigenvalue weighted by molar-refractivity contribution is 9.10. The number of carbonyl (C=O) groups excluding carboxylic acids is 1. The van der Waals surface area contributed by atoms with Crippen molar-refractivity contribution < 1.29 is 57.1 Å². The van der Waals surface area contributed by atoms with Crippen LogP contribution in [0.4, 0.5) is 49.7 Å². The molecule has 3 atom stereocenters. The minimum Gasteiger partial charge on any atom is -0.346 e. The highest BCUT2D eigenvalue weighted by Crippen LogP contribution is 2.68. The number of nitrogens with one attached hydrogen (secondary N) is 2. The Bertz CT molecular complexity index is 2520. The largest absolute Gasteiger partial charge is 0.435 e. The number of alkyl halides is 8. The number of anilines is 1. The number of carbonyl (C=O) groups is 1. The van der Waals surface area contributed by atoms with E-state index in [1.165, 1.54) is 24.3 Å². The summed E-state index contributed by atoms with van der Waals surface area (Å²) in [6.45, 7) is -2.92. The van der Waals surface area contributed by atoms with Gasteiger partial charge in [0.2, 0.25) is 15.9 Å². The molecule has 1 saturated carbocycles. The number of pyridine rings is 1. The maximum Gasteiger partial charge on any atom is 0.435 e. The van der Waals surface area contributed by atoms with Gasteiger partial charge in [0.15, 0.2) is 11.5 Å². The zero-order chi connectivity index (χ0) is 40.9. The van der Waals surface area contributed by atoms with E-state index in [2.05, 4.69) is 36.4 Å². The SMILES string of the molecule is CS(=O)(=O)Nc1nn(CC(F)(F)F)c2c(-c3ccc(Br)nc3[C@H](Cc3cc(F)cc(F)c3)NC(=O)Cn3nc(C(F)(F)F)c4c3C(F)(F)[C@@H]3C[C@H]43)ccc(Cl)c12. The minimum absolute atomic E-state index is 0.0581. The third-order valence-electron chi connectivity index (χ3n) is 9.16. The third-order valence-corrected chi connectivity index (χ3v) is 10.5. The molecule has 2 N–H and O–H groups in total. The monoisotopic (exact) mass is 901 g/mol. The van der Waals surface area contributed by atoms with Crippen LogP contribution < -0.4 is 10.0 Å². The molecule has 2 aliphatic rings. The first kappa shape index (κ1) is 39.8. The van der Waals surface area contributed by atoms with Crippen molar-refractivity contribution in [3.05, 3.63) is 91.9 Å². The third kappa shape index (κ3) is 7.65. The highest BCUT2D eigenvalue weighted by Gasteiger charge is 2.68. The molecule has 0 unspecified atom stereocenters. The molecule has 56 heavy (non-hydrogen) atoms. The van der Waals surface area contributed by atoms with Gasteiger partial charge in [-0.25, -0.2) is 22.2 Å². The predicted octanol–water partition coefficient (Wildman–Crippen LogP) is 8.25. The number of aromatic nitrogens is 5. The summed E-state index contributed by atoms with van der Waals surface area (Å²) in [6, 6.07) is 5.96. The lowest BCUT2D eigenvalue weighted by Crippen LogP contribution is -2.35. The molecule has 2 aromatic carbocycles. The van der Waals surface area contributed by atoms with E-state index in [0.29, 0.717) is 10.7 Å². The van der Waals surface area contributed by atoms with Crippen LogP contribution in [-0.2, 0) is 46.4 Å². The molecule has 0 spiro atoms. The van der Waals surface area contributed by atoms with Gasteiger partial charge in [0, 0.05) is 28.7 Å². The lowest BCUT2D eigenvalue weighted by molar-refractivity contribution is -0.142. The van der Waals surface area contributed by atoms with E-state index in [-0.39, 0.29) is 54.0 Å². The average molecular weight is 903 g/mol. The molecule has 1 fully saturated rings. The molecular formula is C33H23BrClF10N7O3S. The number of fused-ring (bicyclic) bond motifs is 4. The Balaban J connectivity index is 1.37. The zero-order valence-electron chi connectivity index (χ0n) is 28.0. The Morgan fingerprint density at radius 3 is 2.30 bits per heavy atom. The summed E-state index contributed by atoms with van der Waals surface area (Å²) >= 11 is 9.58. The quantitative estimate of drug-likeness (QED) is 0.108. The highest BCUT2D eigenvalue weighted by atomic mass is 79.9. The lowest BCUT2D eigenvalue weighted by Gasteiger charge is -2.23. The molecule has 23 heteroatoms. The van der Waals surface area contributed by atoms with Crippen LogP contribution in [0.2, 0.25) is 5.02 Å². The summed E-state index contributed by atoms with van der Waals surface area (Å²) in [5.41, 5.74) is -4.15. The van der Waals surface area contributed by atoms with Crippen LogP contribution in [0, 0.1) is 17.6 Å². The van der Waals surface area contributed by atoms with Crippen molar-refractivity contribution in [3.8, 4) is 11.1 Å². The van der Waals surface area contributed by atoms with E-state index in [0.717, 1.165) is 18.4 Å². The van der Waals surface area contributed by atoms with Crippen molar-refractivity contribution in [3.63, 3.8) is 0 Å². The van der Waals surface area contributed by atoms with Crippen LogP contribution >= 0.6 is 27.5 Å². The van der Waals surface area contributed by atoms with Gasteiger partial charge in [0.25, 0.3) is 5.92 Å². The summed E-state index contributed by atoms with van der Waals surface area (Å²) in [4.78, 5) is 18.1. The number of sulfonamides is 1. The van der Waals surface area contributed by atoms with Crippen LogP contribution in [-0.4, -0.2) is 51.3 Å². The maximum atomic E-state index is 15.3. The summed E-state index contributed by atoms with van der Waals surface area (Å²) in [7, 11) is -4.13. The van der Waals surface area contributed by atoms with E-state index >= 15 is 8.78 Å². The lowest BCUT2D eigenvalue weighted by atomic mass is 9.94. The molecule has 0 saturated heterocycles. The molecule has 0 bridgehead atoms. The van der Waals surface area contributed by atoms with Crippen molar-refractivity contribution in [2.75, 3.05) is 11.0 Å². The molecule has 1 amide bonds. The summed E-state index contributed by atoms with van der Waals surface area (Å²) < 4.78 is 170. The van der Waals surface area contributed by atoms with E-state index < -0.39 is 106 Å². The van der Waals surface area contributed by atoms with Crippen LogP contribution in [0.25, 0.3) is 22.0 Å². The number of amides is 1. The average Bonchev–Trinajstić information content (AvgIpc) is 3.57. The van der Waals surface area contributed by atoms with Crippen LogP contribution in [0.15, 0.2) is 47.1 Å². The molecule has 0 radical (unpaired) electrons. The molecule has 7 rings (SSSR count). The normalized spacial score (nSPS) is 18.2. The molecular weight excluding hydrogens is 880 g/mol. The zero-order valence-corrected chi connectivity index (χ0v) is 31.2. The number of hydrogen-bond acceptors (Lipinski definition) is 6. The summed E-state index contributed by atoms with van der Waals surface area (Å²) in [6.07, 6.45) is -10.0. The fourth-order valence-electron chi connectivity index (χ4n) is 7.12. The van der Waals surface area contributed by atoms with Crippen molar-refractivity contribution in [1.82, 2.24) is 29.9 Å². The fourth-order valence-corrected chi connectivity index (χ4v) is 8.18. The van der Waals surface area contributed by atoms with Crippen molar-refractivity contribution in [1.29, 1.82) is 0 Å². The number of nitrogens with zero attached hydrogens (tertiary/aromatic N) is 5. The maximum absolute atomic E-state index is 15.3. The van der Waals surface area contributed by atoms with Gasteiger partial charge in [-0.15, -0.1) is 0 Å². The van der Waals surface area contributed by atoms with Crippen LogP contribution in [0.5, 0.6) is 0 Å². The topological polar surface area (TPSA) is 124 Å². The second-order valence-corrected chi connectivity index (χ2v) is 16.3. The van der Waals surface area contributed by atoms with Gasteiger partial charge in [-0.3, -0.25) is 18.9 Å². The first-order valence-electron chi connectivity index (χ1n) is 16.1. The number of benzene rings is 2. The van der Waals surface area contributed by atoms with Crippen molar-refractivity contribution >= 4 is 60.2 Å². The Morgan fingerprint density at radius 1 is 1.02 bits per heavy atom. The van der Waals surface area contributed by atoms with Gasteiger partial charge in [0.1, 0.15) is 35.0 Å². The van der Waals surface area contributed by atoms with Gasteiger partial charge < -0.3 is 5.32 Å². The van der Waals surface area contributed by atoms with E-state index in [4.69, 9.17) is 11.6 Å². The second-order valence-electron chi connectivity index (χ2n) is 13.3. The van der Waals surface area contributed by atoms with Crippen molar-refractivity contribution in [2.24, 2.45) is 5.92 Å². The smallest absolute Gasteiger partial charge is 0.346 e. The van der Waals surface area contributed by atoms with Crippen LogP contribution in [0.1, 0.15) is 46.6 Å².